The molecule has 1 aliphatic heterocycles. The van der Waals surface area contributed by atoms with Gasteiger partial charge in [-0.25, -0.2) is 0 Å². The number of carbonyl (C=O) groups is 1. The molecule has 0 aromatic heterocycles. The lowest BCUT2D eigenvalue weighted by atomic mass is 9.97. The number of benzene rings is 1. The molecule has 0 N–H and O–H groups in total. The van der Waals surface area contributed by atoms with Gasteiger partial charge in [0.25, 0.3) is 5.91 Å². The van der Waals surface area contributed by atoms with Crippen LogP contribution in [0.4, 0.5) is 0 Å². The molecule has 1 heterocycles. The van der Waals surface area contributed by atoms with Gasteiger partial charge in [0.15, 0.2) is 0 Å². The number of carbonyl (C=O) groups excluding carboxylic acids is 1. The van der Waals surface area contributed by atoms with E-state index in [-0.39, 0.29) is 5.91 Å². The van der Waals surface area contributed by atoms with Crippen molar-refractivity contribution in [2.75, 3.05) is 6.54 Å². The monoisotopic (exact) mass is 323 g/mol. The summed E-state index contributed by atoms with van der Waals surface area (Å²) in [6, 6.07) is 6.33. The summed E-state index contributed by atoms with van der Waals surface area (Å²) >= 11 is 3.49. The minimum absolute atomic E-state index is 0.203. The molecule has 1 atom stereocenters. The molecule has 2 rings (SSSR count). The van der Waals surface area contributed by atoms with Crippen LogP contribution >= 0.6 is 15.9 Å². The Balaban J connectivity index is 2.18. The highest BCUT2D eigenvalue weighted by Gasteiger charge is 2.26. The number of rotatable bonds is 3. The third-order valence-corrected chi connectivity index (χ3v) is 4.80. The highest BCUT2D eigenvalue weighted by Crippen LogP contribution is 2.24. The van der Waals surface area contributed by atoms with Gasteiger partial charge in [-0.3, -0.25) is 4.79 Å². The zero-order valence-corrected chi connectivity index (χ0v) is 13.4. The van der Waals surface area contributed by atoms with Crippen molar-refractivity contribution in [1.29, 1.82) is 0 Å². The molecule has 0 saturated carbocycles. The van der Waals surface area contributed by atoms with E-state index in [2.05, 4.69) is 27.8 Å². The summed E-state index contributed by atoms with van der Waals surface area (Å²) in [7, 11) is 0. The summed E-state index contributed by atoms with van der Waals surface area (Å²) < 4.78 is 1.06. The Labute approximate surface area is 124 Å². The largest absolute Gasteiger partial charge is 0.336 e. The van der Waals surface area contributed by atoms with Gasteiger partial charge in [-0.2, -0.15) is 0 Å². The minimum Gasteiger partial charge on any atom is -0.336 e. The summed E-state index contributed by atoms with van der Waals surface area (Å²) in [6.07, 6.45) is 5.83. The van der Waals surface area contributed by atoms with Gasteiger partial charge >= 0.3 is 0 Å². The van der Waals surface area contributed by atoms with E-state index in [1.54, 1.807) is 0 Å². The van der Waals surface area contributed by atoms with E-state index in [4.69, 9.17) is 0 Å². The molecule has 1 saturated heterocycles. The van der Waals surface area contributed by atoms with E-state index in [1.807, 2.05) is 25.1 Å². The molecule has 0 spiro atoms. The van der Waals surface area contributed by atoms with Crippen molar-refractivity contribution in [3.8, 4) is 0 Å². The van der Waals surface area contributed by atoms with E-state index in [9.17, 15) is 4.79 Å². The average molecular weight is 324 g/mol. The van der Waals surface area contributed by atoms with Crippen LogP contribution in [0.15, 0.2) is 22.7 Å². The number of halogens is 1. The molecule has 0 bridgehead atoms. The molecule has 0 aliphatic carbocycles. The molecule has 19 heavy (non-hydrogen) atoms. The summed E-state index contributed by atoms with van der Waals surface area (Å²) in [5.74, 6) is 0.203. The number of likely N-dealkylation sites (tertiary alicyclic amines) is 1. The number of piperidine rings is 1. The number of amides is 1. The Morgan fingerprint density at radius 2 is 2.21 bits per heavy atom. The molecule has 1 aliphatic rings. The van der Waals surface area contributed by atoms with Crippen molar-refractivity contribution in [3.05, 3.63) is 33.8 Å². The van der Waals surface area contributed by atoms with Crippen molar-refractivity contribution < 1.29 is 4.79 Å². The van der Waals surface area contributed by atoms with Crippen LogP contribution in [0.3, 0.4) is 0 Å². The van der Waals surface area contributed by atoms with Crippen molar-refractivity contribution in [3.63, 3.8) is 0 Å². The molecular weight excluding hydrogens is 302 g/mol. The van der Waals surface area contributed by atoms with Crippen molar-refractivity contribution in [1.82, 2.24) is 4.90 Å². The topological polar surface area (TPSA) is 20.3 Å². The van der Waals surface area contributed by atoms with Gasteiger partial charge in [0.2, 0.25) is 0 Å². The Hall–Kier alpha value is -0.830. The predicted octanol–water partition coefficient (Wildman–Crippen LogP) is 4.55. The average Bonchev–Trinajstić information content (AvgIpc) is 2.42. The van der Waals surface area contributed by atoms with Crippen molar-refractivity contribution in [2.45, 2.75) is 52.0 Å². The Bertz CT molecular complexity index is 456. The maximum Gasteiger partial charge on any atom is 0.254 e. The van der Waals surface area contributed by atoms with Crippen LogP contribution in [0.1, 0.15) is 54.9 Å². The second-order valence-corrected chi connectivity index (χ2v) is 6.26. The van der Waals surface area contributed by atoms with E-state index >= 15 is 0 Å². The SMILES string of the molecule is CCCC1CCCCN1C(=O)c1ccc(Br)c(C)c1. The van der Waals surface area contributed by atoms with Crippen LogP contribution in [0.25, 0.3) is 0 Å². The van der Waals surface area contributed by atoms with Gasteiger partial charge < -0.3 is 4.90 Å². The smallest absolute Gasteiger partial charge is 0.254 e. The van der Waals surface area contributed by atoms with E-state index in [0.717, 1.165) is 47.8 Å². The van der Waals surface area contributed by atoms with Crippen LogP contribution in [0, 0.1) is 6.92 Å². The third-order valence-electron chi connectivity index (χ3n) is 3.91. The van der Waals surface area contributed by atoms with Crippen LogP contribution in [0.5, 0.6) is 0 Å². The standard InChI is InChI=1S/C16H22BrNO/c1-3-6-14-7-4-5-10-18(14)16(19)13-8-9-15(17)12(2)11-13/h8-9,11,14H,3-7,10H2,1-2H3. The Kier molecular flexibility index (Phi) is 5.03. The summed E-state index contributed by atoms with van der Waals surface area (Å²) in [6.45, 7) is 5.14. The summed E-state index contributed by atoms with van der Waals surface area (Å²) in [5.41, 5.74) is 1.94. The first-order valence-electron chi connectivity index (χ1n) is 7.20. The zero-order chi connectivity index (χ0) is 13.8. The first kappa shape index (κ1) is 14.6. The second kappa shape index (κ2) is 6.56. The molecule has 104 valence electrons. The van der Waals surface area contributed by atoms with Crippen molar-refractivity contribution >= 4 is 21.8 Å². The first-order valence-corrected chi connectivity index (χ1v) is 8.00. The fourth-order valence-electron chi connectivity index (χ4n) is 2.84. The Morgan fingerprint density at radius 1 is 1.42 bits per heavy atom. The van der Waals surface area contributed by atoms with Crippen LogP contribution in [-0.4, -0.2) is 23.4 Å². The number of hydrogen-bond acceptors (Lipinski definition) is 1. The molecule has 0 radical (unpaired) electrons. The quantitative estimate of drug-likeness (QED) is 0.798. The van der Waals surface area contributed by atoms with E-state index in [0.29, 0.717) is 6.04 Å². The summed E-state index contributed by atoms with van der Waals surface area (Å²) in [4.78, 5) is 14.8. The van der Waals surface area contributed by atoms with E-state index < -0.39 is 0 Å². The van der Waals surface area contributed by atoms with Gasteiger partial charge in [0.05, 0.1) is 0 Å². The van der Waals surface area contributed by atoms with Gasteiger partial charge in [0.1, 0.15) is 0 Å². The predicted molar refractivity (Wildman–Crippen MR) is 82.5 cm³/mol. The number of hydrogen-bond donors (Lipinski definition) is 0. The van der Waals surface area contributed by atoms with Gasteiger partial charge in [-0.05, 0) is 56.4 Å². The molecule has 1 aromatic rings. The lowest BCUT2D eigenvalue weighted by Crippen LogP contribution is -2.43. The van der Waals surface area contributed by atoms with Gasteiger partial charge in [0, 0.05) is 22.6 Å². The molecule has 1 aromatic carbocycles. The fraction of sp³-hybridized carbons (Fsp3) is 0.562. The minimum atomic E-state index is 0.203. The third kappa shape index (κ3) is 3.38. The Morgan fingerprint density at radius 3 is 2.89 bits per heavy atom. The zero-order valence-electron chi connectivity index (χ0n) is 11.8. The number of aryl methyl sites for hydroxylation is 1. The molecule has 3 heteroatoms. The molecule has 1 unspecified atom stereocenters. The highest BCUT2D eigenvalue weighted by atomic mass is 79.9. The molecule has 1 fully saturated rings. The fourth-order valence-corrected chi connectivity index (χ4v) is 3.09. The van der Waals surface area contributed by atoms with Gasteiger partial charge in [-0.1, -0.05) is 29.3 Å². The molecular formula is C16H22BrNO. The lowest BCUT2D eigenvalue weighted by molar-refractivity contribution is 0.0600. The van der Waals surface area contributed by atoms with Crippen LogP contribution < -0.4 is 0 Å². The molecule has 2 nitrogen and oxygen atoms in total. The second-order valence-electron chi connectivity index (χ2n) is 5.40. The maximum atomic E-state index is 12.7. The van der Waals surface area contributed by atoms with Crippen LogP contribution in [0.2, 0.25) is 0 Å². The molecule has 1 amide bonds. The normalized spacial score (nSPS) is 19.5. The lowest BCUT2D eigenvalue weighted by Gasteiger charge is -2.36. The highest BCUT2D eigenvalue weighted by molar-refractivity contribution is 9.10. The first-order chi connectivity index (χ1) is 9.13. The van der Waals surface area contributed by atoms with Crippen molar-refractivity contribution in [2.24, 2.45) is 0 Å². The van der Waals surface area contributed by atoms with Gasteiger partial charge in [-0.15, -0.1) is 0 Å². The maximum absolute atomic E-state index is 12.7. The van der Waals surface area contributed by atoms with E-state index in [1.165, 1.54) is 6.42 Å². The summed E-state index contributed by atoms with van der Waals surface area (Å²) in [5, 5.41) is 0. The van der Waals surface area contributed by atoms with Crippen LogP contribution in [-0.2, 0) is 0 Å². The number of nitrogens with zero attached hydrogens (tertiary/aromatic N) is 1.